The van der Waals surface area contributed by atoms with Crippen LogP contribution in [0.5, 0.6) is 0 Å². The molecule has 0 amide bonds. The quantitative estimate of drug-likeness (QED) is 0.831. The molecule has 1 aromatic heterocycles. The lowest BCUT2D eigenvalue weighted by Crippen LogP contribution is -2.14. The Bertz CT molecular complexity index is 313. The normalized spacial score (nSPS) is 22.9. The average molecular weight is 209 g/mol. The Kier molecular flexibility index (Phi) is 2.16. The van der Waals surface area contributed by atoms with E-state index in [9.17, 15) is 0 Å². The van der Waals surface area contributed by atoms with Crippen LogP contribution in [-0.4, -0.2) is 15.4 Å². The molecule has 1 aromatic rings. The number of hydrogen-bond acceptors (Lipinski definition) is 4. The van der Waals surface area contributed by atoms with E-state index in [1.54, 1.807) is 0 Å². The second kappa shape index (κ2) is 3.50. The first kappa shape index (κ1) is 8.65. The van der Waals surface area contributed by atoms with E-state index in [1.165, 1.54) is 50.1 Å². The molecule has 3 nitrogen and oxygen atoms in total. The van der Waals surface area contributed by atoms with Crippen LogP contribution in [0.1, 0.15) is 50.3 Å². The minimum Gasteiger partial charge on any atom is -0.358 e. The molecule has 0 radical (unpaired) electrons. The molecule has 0 spiro atoms. The van der Waals surface area contributed by atoms with Crippen LogP contribution in [0.4, 0.5) is 5.13 Å². The van der Waals surface area contributed by atoms with Gasteiger partial charge in [0, 0.05) is 23.5 Å². The van der Waals surface area contributed by atoms with Crippen LogP contribution in [0.2, 0.25) is 0 Å². The highest BCUT2D eigenvalue weighted by Crippen LogP contribution is 2.39. The van der Waals surface area contributed by atoms with Crippen LogP contribution < -0.4 is 5.32 Å². The topological polar surface area (TPSA) is 37.8 Å². The summed E-state index contributed by atoms with van der Waals surface area (Å²) in [5.41, 5.74) is 0. The van der Waals surface area contributed by atoms with Gasteiger partial charge in [-0.3, -0.25) is 0 Å². The van der Waals surface area contributed by atoms with Crippen LogP contribution in [0.15, 0.2) is 0 Å². The largest absolute Gasteiger partial charge is 0.358 e. The predicted octanol–water partition coefficient (Wildman–Crippen LogP) is 2.77. The first-order valence-electron chi connectivity index (χ1n) is 5.52. The molecule has 1 N–H and O–H groups in total. The van der Waals surface area contributed by atoms with E-state index >= 15 is 0 Å². The van der Waals surface area contributed by atoms with Crippen LogP contribution >= 0.6 is 11.5 Å². The fourth-order valence-electron chi connectivity index (χ4n) is 2.05. The molecule has 3 rings (SSSR count). The maximum atomic E-state index is 4.53. The van der Waals surface area contributed by atoms with E-state index in [0.717, 1.165) is 11.0 Å². The Morgan fingerprint density at radius 2 is 1.93 bits per heavy atom. The Morgan fingerprint density at radius 3 is 2.64 bits per heavy atom. The Balaban J connectivity index is 1.64. The summed E-state index contributed by atoms with van der Waals surface area (Å²) in [4.78, 5) is 4.53. The predicted molar refractivity (Wildman–Crippen MR) is 57.8 cm³/mol. The smallest absolute Gasteiger partial charge is 0.202 e. The van der Waals surface area contributed by atoms with Gasteiger partial charge >= 0.3 is 0 Å². The Labute approximate surface area is 88.1 Å². The van der Waals surface area contributed by atoms with Gasteiger partial charge in [0.1, 0.15) is 5.82 Å². The minimum absolute atomic E-state index is 0.662. The van der Waals surface area contributed by atoms with Crippen molar-refractivity contribution in [3.8, 4) is 0 Å². The van der Waals surface area contributed by atoms with E-state index in [1.807, 2.05) is 0 Å². The van der Waals surface area contributed by atoms with Gasteiger partial charge in [0.05, 0.1) is 0 Å². The minimum atomic E-state index is 0.662. The van der Waals surface area contributed by atoms with Gasteiger partial charge in [0.15, 0.2) is 0 Å². The van der Waals surface area contributed by atoms with Crippen molar-refractivity contribution in [3.05, 3.63) is 5.82 Å². The molecular formula is C10H15N3S. The fourth-order valence-corrected chi connectivity index (χ4v) is 2.77. The van der Waals surface area contributed by atoms with Crippen LogP contribution in [-0.2, 0) is 0 Å². The van der Waals surface area contributed by atoms with Gasteiger partial charge in [-0.2, -0.15) is 4.37 Å². The van der Waals surface area contributed by atoms with E-state index < -0.39 is 0 Å². The van der Waals surface area contributed by atoms with E-state index in [0.29, 0.717) is 12.0 Å². The molecule has 2 aliphatic carbocycles. The molecule has 76 valence electrons. The SMILES string of the molecule is C1CCC(Nc2nc(C3CC3)ns2)C1. The maximum Gasteiger partial charge on any atom is 0.202 e. The molecule has 2 fully saturated rings. The monoisotopic (exact) mass is 209 g/mol. The van der Waals surface area contributed by atoms with Gasteiger partial charge < -0.3 is 5.32 Å². The summed E-state index contributed by atoms with van der Waals surface area (Å²) < 4.78 is 4.39. The molecule has 2 saturated carbocycles. The van der Waals surface area contributed by atoms with Crippen molar-refractivity contribution in [3.63, 3.8) is 0 Å². The molecule has 2 aliphatic rings. The molecular weight excluding hydrogens is 194 g/mol. The van der Waals surface area contributed by atoms with Crippen LogP contribution in [0.25, 0.3) is 0 Å². The number of rotatable bonds is 3. The third-order valence-electron chi connectivity index (χ3n) is 3.07. The Morgan fingerprint density at radius 1 is 1.14 bits per heavy atom. The van der Waals surface area contributed by atoms with Crippen molar-refractivity contribution in [2.24, 2.45) is 0 Å². The molecule has 0 aliphatic heterocycles. The van der Waals surface area contributed by atoms with E-state index in [2.05, 4.69) is 14.7 Å². The molecule has 4 heteroatoms. The van der Waals surface area contributed by atoms with Gasteiger partial charge in [0.25, 0.3) is 0 Å². The number of nitrogens with one attached hydrogen (secondary N) is 1. The summed E-state index contributed by atoms with van der Waals surface area (Å²) in [5, 5.41) is 4.53. The van der Waals surface area contributed by atoms with Gasteiger partial charge in [-0.15, -0.1) is 0 Å². The zero-order valence-corrected chi connectivity index (χ0v) is 9.02. The lowest BCUT2D eigenvalue weighted by Gasteiger charge is -2.08. The zero-order valence-electron chi connectivity index (χ0n) is 8.20. The summed E-state index contributed by atoms with van der Waals surface area (Å²) in [6.45, 7) is 0. The van der Waals surface area contributed by atoms with Crippen molar-refractivity contribution in [1.29, 1.82) is 0 Å². The first-order valence-corrected chi connectivity index (χ1v) is 6.29. The standard InChI is InChI=1S/C10H15N3S/c1-2-4-8(3-1)11-10-12-9(13-14-10)7-5-6-7/h7-8H,1-6H2,(H,11,12,13). The van der Waals surface area contributed by atoms with Crippen molar-refractivity contribution < 1.29 is 0 Å². The molecule has 14 heavy (non-hydrogen) atoms. The highest BCUT2D eigenvalue weighted by molar-refractivity contribution is 7.09. The molecule has 0 unspecified atom stereocenters. The van der Waals surface area contributed by atoms with E-state index in [-0.39, 0.29) is 0 Å². The second-order valence-corrected chi connectivity index (χ2v) is 5.11. The maximum absolute atomic E-state index is 4.53. The molecule has 0 aromatic carbocycles. The second-order valence-electron chi connectivity index (χ2n) is 4.36. The number of anilines is 1. The van der Waals surface area contributed by atoms with Crippen molar-refractivity contribution in [1.82, 2.24) is 9.36 Å². The third kappa shape index (κ3) is 1.75. The Hall–Kier alpha value is -0.640. The van der Waals surface area contributed by atoms with Crippen molar-refractivity contribution in [2.45, 2.75) is 50.5 Å². The number of nitrogens with zero attached hydrogens (tertiary/aromatic N) is 2. The fraction of sp³-hybridized carbons (Fsp3) is 0.800. The molecule has 0 saturated heterocycles. The van der Waals surface area contributed by atoms with Gasteiger partial charge in [0.2, 0.25) is 5.13 Å². The summed E-state index contributed by atoms with van der Waals surface area (Å²) in [5.74, 6) is 1.76. The lowest BCUT2D eigenvalue weighted by molar-refractivity contribution is 0.753. The number of hydrogen-bond donors (Lipinski definition) is 1. The molecule has 0 atom stereocenters. The van der Waals surface area contributed by atoms with E-state index in [4.69, 9.17) is 0 Å². The summed E-state index contributed by atoms with van der Waals surface area (Å²) in [6.07, 6.45) is 7.92. The zero-order chi connectivity index (χ0) is 9.38. The van der Waals surface area contributed by atoms with Gasteiger partial charge in [-0.1, -0.05) is 12.8 Å². The molecule has 0 bridgehead atoms. The van der Waals surface area contributed by atoms with Gasteiger partial charge in [-0.25, -0.2) is 4.98 Å². The van der Waals surface area contributed by atoms with Crippen LogP contribution in [0.3, 0.4) is 0 Å². The van der Waals surface area contributed by atoms with Crippen molar-refractivity contribution >= 4 is 16.7 Å². The summed E-state index contributed by atoms with van der Waals surface area (Å²) >= 11 is 1.53. The van der Waals surface area contributed by atoms with Gasteiger partial charge in [-0.05, 0) is 25.7 Å². The highest BCUT2D eigenvalue weighted by atomic mass is 32.1. The van der Waals surface area contributed by atoms with Crippen LogP contribution in [0, 0.1) is 0 Å². The third-order valence-corrected chi connectivity index (χ3v) is 3.73. The number of aromatic nitrogens is 2. The summed E-state index contributed by atoms with van der Waals surface area (Å²) in [6, 6.07) is 0.662. The first-order chi connectivity index (χ1) is 6.92. The summed E-state index contributed by atoms with van der Waals surface area (Å²) in [7, 11) is 0. The average Bonchev–Trinajstić information content (AvgIpc) is 2.75. The van der Waals surface area contributed by atoms with Crippen molar-refractivity contribution in [2.75, 3.05) is 5.32 Å². The highest BCUT2D eigenvalue weighted by Gasteiger charge is 2.28. The molecule has 1 heterocycles. The lowest BCUT2D eigenvalue weighted by atomic mass is 10.3.